The van der Waals surface area contributed by atoms with E-state index in [9.17, 15) is 0 Å². The Balaban J connectivity index is 1.11. The van der Waals surface area contributed by atoms with Crippen molar-refractivity contribution in [2.24, 2.45) is 0 Å². The van der Waals surface area contributed by atoms with Crippen LogP contribution in [0.2, 0.25) is 0 Å². The molecule has 0 saturated heterocycles. The minimum atomic E-state index is 0.599. The molecule has 0 N–H and O–H groups in total. The fourth-order valence-corrected chi connectivity index (χ4v) is 9.37. The predicted octanol–water partition coefficient (Wildman–Crippen LogP) is 12.2. The number of aromatic nitrogens is 6. The van der Waals surface area contributed by atoms with Crippen molar-refractivity contribution in [3.05, 3.63) is 181 Å². The Morgan fingerprint density at radius 3 is 1.58 bits per heavy atom. The van der Waals surface area contributed by atoms with Crippen molar-refractivity contribution >= 4 is 54.5 Å². The van der Waals surface area contributed by atoms with Crippen molar-refractivity contribution in [1.82, 2.24) is 28.7 Å². The van der Waals surface area contributed by atoms with Crippen LogP contribution in [0.25, 0.3) is 94.6 Å². The Morgan fingerprint density at radius 2 is 0.895 bits per heavy atom. The predicted molar refractivity (Wildman–Crippen MR) is 233 cm³/mol. The van der Waals surface area contributed by atoms with Gasteiger partial charge in [0, 0.05) is 55.1 Å². The Kier molecular flexibility index (Phi) is 7.08. The van der Waals surface area contributed by atoms with E-state index in [1.165, 1.54) is 68.2 Å². The maximum Gasteiger partial charge on any atom is 0.238 e. The monoisotopic (exact) mass is 732 g/mol. The molecular weight excluding hydrogens is 697 g/mol. The molecule has 0 spiro atoms. The third-order valence-corrected chi connectivity index (χ3v) is 11.9. The van der Waals surface area contributed by atoms with Gasteiger partial charge < -0.3 is 9.13 Å². The second kappa shape index (κ2) is 12.6. The minimum Gasteiger partial charge on any atom is -0.313 e. The number of hydrogen-bond donors (Lipinski definition) is 0. The van der Waals surface area contributed by atoms with E-state index in [1.54, 1.807) is 0 Å². The summed E-state index contributed by atoms with van der Waals surface area (Å²) in [5.74, 6) is 1.89. The molecule has 0 amide bonds. The molecule has 6 nitrogen and oxygen atoms in total. The van der Waals surface area contributed by atoms with Gasteiger partial charge in [0.05, 0.1) is 27.6 Å². The van der Waals surface area contributed by atoms with Crippen LogP contribution in [0.15, 0.2) is 170 Å². The number of aryl methyl sites for hydroxylation is 1. The largest absolute Gasteiger partial charge is 0.313 e. The fraction of sp³-hybridized carbons (Fsp3) is 0.0784. The first kappa shape index (κ1) is 32.0. The van der Waals surface area contributed by atoms with Crippen LogP contribution in [0, 0.1) is 0 Å². The Hall–Kier alpha value is -7.31. The standard InChI is InChI=1S/C51H36N6/c1-4-16-33(17-5-1)49-52-50(34-18-6-2-7-19-34)54-51(53-49)57-45-27-15-12-22-37(45)40-30-36(28-29-46(40)57)56-44-26-14-11-24-39(44)42-31-41-38-23-10-13-25-43(38)55(47(41)32-48(42)56)35-20-8-3-9-21-35/h1-10,12-13,15-23,25,27-32H,11,14,24,26H2. The first-order valence-electron chi connectivity index (χ1n) is 19.8. The zero-order valence-corrected chi connectivity index (χ0v) is 31.2. The number of benzene rings is 7. The molecule has 0 unspecified atom stereocenters. The molecule has 7 aromatic carbocycles. The van der Waals surface area contributed by atoms with E-state index in [0.29, 0.717) is 17.6 Å². The first-order valence-corrected chi connectivity index (χ1v) is 19.8. The molecule has 0 saturated carbocycles. The lowest BCUT2D eigenvalue weighted by Gasteiger charge is -2.16. The smallest absolute Gasteiger partial charge is 0.238 e. The van der Waals surface area contributed by atoms with Crippen LogP contribution in [0.5, 0.6) is 0 Å². The number of fused-ring (bicyclic) bond motifs is 9. The molecule has 0 fully saturated rings. The summed E-state index contributed by atoms with van der Waals surface area (Å²) in [4.78, 5) is 15.3. The third kappa shape index (κ3) is 4.93. The highest BCUT2D eigenvalue weighted by Crippen LogP contribution is 2.42. The summed E-state index contributed by atoms with van der Waals surface area (Å²) in [6.45, 7) is 0. The summed E-state index contributed by atoms with van der Waals surface area (Å²) in [6, 6.07) is 60.5. The summed E-state index contributed by atoms with van der Waals surface area (Å²) >= 11 is 0. The zero-order chi connectivity index (χ0) is 37.5. The molecule has 4 aromatic heterocycles. The van der Waals surface area contributed by atoms with E-state index in [4.69, 9.17) is 15.0 Å². The first-order chi connectivity index (χ1) is 28.3. The lowest BCUT2D eigenvalue weighted by molar-refractivity contribution is 0.667. The average Bonchev–Trinajstić information content (AvgIpc) is 3.91. The normalized spacial score (nSPS) is 13.0. The van der Waals surface area contributed by atoms with Crippen molar-refractivity contribution in [3.63, 3.8) is 0 Å². The van der Waals surface area contributed by atoms with Crippen LogP contribution in [0.4, 0.5) is 0 Å². The highest BCUT2D eigenvalue weighted by atomic mass is 15.2. The zero-order valence-electron chi connectivity index (χ0n) is 31.2. The second-order valence-electron chi connectivity index (χ2n) is 15.1. The molecule has 1 aliphatic carbocycles. The van der Waals surface area contributed by atoms with Crippen molar-refractivity contribution in [3.8, 4) is 40.1 Å². The molecule has 57 heavy (non-hydrogen) atoms. The number of nitrogens with zero attached hydrogens (tertiary/aromatic N) is 6. The number of hydrogen-bond acceptors (Lipinski definition) is 3. The molecule has 0 atom stereocenters. The fourth-order valence-electron chi connectivity index (χ4n) is 9.37. The van der Waals surface area contributed by atoms with Crippen LogP contribution in [-0.4, -0.2) is 28.7 Å². The number of rotatable bonds is 5. The van der Waals surface area contributed by atoms with Crippen LogP contribution in [0.1, 0.15) is 24.1 Å². The van der Waals surface area contributed by atoms with Crippen LogP contribution in [0.3, 0.4) is 0 Å². The summed E-state index contributed by atoms with van der Waals surface area (Å²) < 4.78 is 7.20. The van der Waals surface area contributed by atoms with E-state index < -0.39 is 0 Å². The van der Waals surface area contributed by atoms with Gasteiger partial charge in [-0.2, -0.15) is 9.97 Å². The summed E-state index contributed by atoms with van der Waals surface area (Å²) in [7, 11) is 0. The highest BCUT2D eigenvalue weighted by Gasteiger charge is 2.25. The van der Waals surface area contributed by atoms with Crippen molar-refractivity contribution < 1.29 is 0 Å². The Morgan fingerprint density at radius 1 is 0.351 bits per heavy atom. The molecule has 0 radical (unpaired) electrons. The quantitative estimate of drug-likeness (QED) is 0.177. The van der Waals surface area contributed by atoms with Gasteiger partial charge in [-0.15, -0.1) is 0 Å². The van der Waals surface area contributed by atoms with Gasteiger partial charge in [0.25, 0.3) is 0 Å². The molecule has 11 aromatic rings. The lowest BCUT2D eigenvalue weighted by Crippen LogP contribution is -2.07. The van der Waals surface area contributed by atoms with Crippen molar-refractivity contribution in [1.29, 1.82) is 0 Å². The molecule has 4 heterocycles. The van der Waals surface area contributed by atoms with Crippen LogP contribution >= 0.6 is 0 Å². The van der Waals surface area contributed by atoms with E-state index in [0.717, 1.165) is 45.8 Å². The molecule has 0 aliphatic heterocycles. The maximum absolute atomic E-state index is 5.16. The van der Waals surface area contributed by atoms with Crippen LogP contribution in [-0.2, 0) is 12.8 Å². The summed E-state index contributed by atoms with van der Waals surface area (Å²) in [6.07, 6.45) is 4.56. The topological polar surface area (TPSA) is 53.5 Å². The van der Waals surface area contributed by atoms with Gasteiger partial charge in [0.2, 0.25) is 5.95 Å². The van der Waals surface area contributed by atoms with E-state index >= 15 is 0 Å². The highest BCUT2D eigenvalue weighted by molar-refractivity contribution is 6.14. The Bertz CT molecular complexity index is 3280. The lowest BCUT2D eigenvalue weighted by atomic mass is 9.95. The van der Waals surface area contributed by atoms with Gasteiger partial charge in [-0.05, 0) is 85.8 Å². The Labute approximate surface area is 328 Å². The summed E-state index contributed by atoms with van der Waals surface area (Å²) in [5, 5.41) is 6.27. The van der Waals surface area contributed by atoms with Gasteiger partial charge in [-0.3, -0.25) is 4.57 Å². The number of para-hydroxylation sites is 3. The van der Waals surface area contributed by atoms with Gasteiger partial charge in [0.15, 0.2) is 11.6 Å². The SMILES string of the molecule is c1ccc(-c2nc(-c3ccccc3)nc(-n3c4ccccc4c4cc(-n5c6c(c7cc8c9ccccc9n(-c9ccccc9)c8cc75)CCCC6)ccc43)n2)cc1. The van der Waals surface area contributed by atoms with E-state index in [-0.39, 0.29) is 0 Å². The molecule has 1 aliphatic rings. The van der Waals surface area contributed by atoms with Crippen molar-refractivity contribution in [2.45, 2.75) is 25.7 Å². The van der Waals surface area contributed by atoms with E-state index in [1.807, 2.05) is 36.4 Å². The molecule has 0 bridgehead atoms. The molecular formula is C51H36N6. The minimum absolute atomic E-state index is 0.599. The van der Waals surface area contributed by atoms with Gasteiger partial charge in [-0.25, -0.2) is 4.98 Å². The second-order valence-corrected chi connectivity index (χ2v) is 15.1. The van der Waals surface area contributed by atoms with Gasteiger partial charge >= 0.3 is 0 Å². The van der Waals surface area contributed by atoms with Gasteiger partial charge in [-0.1, -0.05) is 115 Å². The van der Waals surface area contributed by atoms with Crippen LogP contribution < -0.4 is 0 Å². The molecule has 270 valence electrons. The molecule has 12 rings (SSSR count). The summed E-state index contributed by atoms with van der Waals surface area (Å²) in [5.41, 5.74) is 13.0. The maximum atomic E-state index is 5.16. The van der Waals surface area contributed by atoms with Gasteiger partial charge in [0.1, 0.15) is 0 Å². The average molecular weight is 733 g/mol. The van der Waals surface area contributed by atoms with E-state index in [2.05, 4.69) is 147 Å². The van der Waals surface area contributed by atoms with Crippen molar-refractivity contribution in [2.75, 3.05) is 0 Å². The third-order valence-electron chi connectivity index (χ3n) is 11.9. The molecule has 6 heteroatoms.